The Morgan fingerprint density at radius 3 is 1.64 bits per heavy atom. The predicted octanol–water partition coefficient (Wildman–Crippen LogP) is 8.04. The van der Waals surface area contributed by atoms with Crippen LogP contribution in [0.5, 0.6) is 0 Å². The number of aliphatic hydroxyl groups excluding tert-OH is 1. The van der Waals surface area contributed by atoms with Gasteiger partial charge in [0.2, 0.25) is 0 Å². The molecule has 36 heavy (non-hydrogen) atoms. The molecule has 0 aromatic heterocycles. The summed E-state index contributed by atoms with van der Waals surface area (Å²) in [6.07, 6.45) is 9.91. The van der Waals surface area contributed by atoms with Crippen molar-refractivity contribution in [1.82, 2.24) is 0 Å². The molecule has 0 aliphatic rings. The summed E-state index contributed by atoms with van der Waals surface area (Å²) in [4.78, 5) is 12.5. The molecule has 2 rings (SSSR count). The van der Waals surface area contributed by atoms with Gasteiger partial charge in [-0.15, -0.1) is 0 Å². The first-order chi connectivity index (χ1) is 17.3. The average Bonchev–Trinajstić information content (AvgIpc) is 2.92. The van der Waals surface area contributed by atoms with Crippen molar-refractivity contribution >= 4 is 5.78 Å². The predicted molar refractivity (Wildman–Crippen MR) is 151 cm³/mol. The number of unbranched alkanes of at least 4 members (excludes halogenated alkanes) is 4. The lowest BCUT2D eigenvalue weighted by Gasteiger charge is -2.36. The number of benzene rings is 2. The van der Waals surface area contributed by atoms with E-state index in [9.17, 15) is 9.90 Å². The molecule has 0 fully saturated rings. The zero-order valence-corrected chi connectivity index (χ0v) is 23.5. The zero-order valence-electron chi connectivity index (χ0n) is 23.5. The van der Waals surface area contributed by atoms with Gasteiger partial charge in [-0.1, -0.05) is 107 Å². The van der Waals surface area contributed by atoms with Crippen LogP contribution in [0.2, 0.25) is 0 Å². The number of ether oxygens (including phenoxy) is 1. The van der Waals surface area contributed by atoms with Crippen LogP contribution in [-0.2, 0) is 20.4 Å². The highest BCUT2D eigenvalue weighted by Crippen LogP contribution is 2.37. The van der Waals surface area contributed by atoms with Crippen LogP contribution in [0.3, 0.4) is 0 Å². The molecule has 3 nitrogen and oxygen atoms in total. The van der Waals surface area contributed by atoms with Crippen LogP contribution < -0.4 is 0 Å². The summed E-state index contributed by atoms with van der Waals surface area (Å²) in [5.74, 6) is 0.609. The molecule has 2 aromatic carbocycles. The van der Waals surface area contributed by atoms with Gasteiger partial charge in [-0.2, -0.15) is 0 Å². The summed E-state index contributed by atoms with van der Waals surface area (Å²) < 4.78 is 5.73. The molecule has 200 valence electrons. The maximum atomic E-state index is 12.5. The molecular formula is C33H50O3. The Morgan fingerprint density at radius 1 is 0.750 bits per heavy atom. The summed E-state index contributed by atoms with van der Waals surface area (Å²) in [5.41, 5.74) is 2.58. The van der Waals surface area contributed by atoms with E-state index in [1.54, 1.807) is 7.11 Å². The quantitative estimate of drug-likeness (QED) is 0.213. The van der Waals surface area contributed by atoms with Crippen molar-refractivity contribution in [2.24, 2.45) is 5.92 Å². The highest BCUT2D eigenvalue weighted by atomic mass is 16.5. The van der Waals surface area contributed by atoms with Crippen molar-refractivity contribution in [2.45, 2.75) is 109 Å². The highest BCUT2D eigenvalue weighted by molar-refractivity contribution is 5.78. The maximum Gasteiger partial charge on any atom is 0.132 e. The molecule has 0 saturated carbocycles. The zero-order chi connectivity index (χ0) is 26.4. The van der Waals surface area contributed by atoms with Gasteiger partial charge in [0.05, 0.1) is 6.10 Å². The standard InChI is InChI=1S/C33H50O3/c1-27(26-34)32(3,29-18-10-6-11-19-29)24-16-8-14-22-31(35)23-15-9-17-25-33(4,28(2)36-5)30-20-12-7-13-21-30/h6-7,10-13,18-21,27-28,34H,8-9,14-17,22-26H2,1-5H3. The average molecular weight is 495 g/mol. The smallest absolute Gasteiger partial charge is 0.132 e. The minimum atomic E-state index is -0.0332. The third-order valence-corrected chi connectivity index (χ3v) is 8.78. The third kappa shape index (κ3) is 8.56. The topological polar surface area (TPSA) is 46.5 Å². The number of carbonyl (C=O) groups excluding carboxylic acids is 1. The van der Waals surface area contributed by atoms with Crippen molar-refractivity contribution in [1.29, 1.82) is 0 Å². The maximum absolute atomic E-state index is 12.5. The Morgan fingerprint density at radius 2 is 1.19 bits per heavy atom. The fourth-order valence-electron chi connectivity index (χ4n) is 5.46. The van der Waals surface area contributed by atoms with Gasteiger partial charge in [-0.3, -0.25) is 4.79 Å². The molecule has 0 heterocycles. The summed E-state index contributed by atoms with van der Waals surface area (Å²) in [6, 6.07) is 21.2. The summed E-state index contributed by atoms with van der Waals surface area (Å²) in [5, 5.41) is 9.82. The molecule has 0 aliphatic heterocycles. The van der Waals surface area contributed by atoms with E-state index in [4.69, 9.17) is 4.74 Å². The number of rotatable bonds is 18. The Hall–Kier alpha value is -1.97. The molecule has 0 amide bonds. The Bertz CT molecular complexity index is 794. The van der Waals surface area contributed by atoms with Crippen LogP contribution in [-0.4, -0.2) is 30.7 Å². The van der Waals surface area contributed by atoms with E-state index >= 15 is 0 Å². The molecule has 0 radical (unpaired) electrons. The van der Waals surface area contributed by atoms with Crippen LogP contribution in [0, 0.1) is 5.92 Å². The van der Waals surface area contributed by atoms with Crippen molar-refractivity contribution in [3.05, 3.63) is 71.8 Å². The first kappa shape index (κ1) is 30.3. The number of ketones is 1. The van der Waals surface area contributed by atoms with E-state index in [0.717, 1.165) is 51.4 Å². The van der Waals surface area contributed by atoms with Gasteiger partial charge in [-0.25, -0.2) is 0 Å². The second kappa shape index (κ2) is 15.3. The molecule has 2 aromatic rings. The van der Waals surface area contributed by atoms with E-state index in [-0.39, 0.29) is 29.5 Å². The Kier molecular flexibility index (Phi) is 12.9. The molecule has 0 aliphatic carbocycles. The van der Waals surface area contributed by atoms with E-state index in [0.29, 0.717) is 18.6 Å². The van der Waals surface area contributed by atoms with Crippen LogP contribution in [0.15, 0.2) is 60.7 Å². The summed E-state index contributed by atoms with van der Waals surface area (Å²) in [6.45, 7) is 9.05. The molecule has 0 bridgehead atoms. The molecule has 4 unspecified atom stereocenters. The van der Waals surface area contributed by atoms with Gasteiger partial charge >= 0.3 is 0 Å². The van der Waals surface area contributed by atoms with Crippen LogP contribution in [0.25, 0.3) is 0 Å². The third-order valence-electron chi connectivity index (χ3n) is 8.78. The van der Waals surface area contributed by atoms with Crippen LogP contribution in [0.1, 0.15) is 103 Å². The minimum absolute atomic E-state index is 0.0121. The molecule has 1 N–H and O–H groups in total. The number of methoxy groups -OCH3 is 1. The fraction of sp³-hybridized carbons (Fsp3) is 0.606. The van der Waals surface area contributed by atoms with Crippen molar-refractivity contribution in [3.8, 4) is 0 Å². The minimum Gasteiger partial charge on any atom is -0.396 e. The van der Waals surface area contributed by atoms with Crippen molar-refractivity contribution < 1.29 is 14.6 Å². The van der Waals surface area contributed by atoms with E-state index in [1.165, 1.54) is 11.1 Å². The van der Waals surface area contributed by atoms with Gasteiger partial charge in [0.1, 0.15) is 5.78 Å². The van der Waals surface area contributed by atoms with E-state index in [2.05, 4.69) is 82.3 Å². The van der Waals surface area contributed by atoms with E-state index < -0.39 is 0 Å². The normalized spacial score (nSPS) is 16.6. The van der Waals surface area contributed by atoms with Crippen molar-refractivity contribution in [2.75, 3.05) is 13.7 Å². The highest BCUT2D eigenvalue weighted by Gasteiger charge is 2.33. The SMILES string of the molecule is COC(C)C(C)(CCCCCC(=O)CCCCCC(C)(c1ccccc1)C(C)CO)c1ccccc1. The van der Waals surface area contributed by atoms with Gasteiger partial charge in [0, 0.05) is 32.0 Å². The van der Waals surface area contributed by atoms with Crippen LogP contribution in [0.4, 0.5) is 0 Å². The first-order valence-electron chi connectivity index (χ1n) is 14.0. The summed E-state index contributed by atoms with van der Waals surface area (Å²) in [7, 11) is 1.79. The fourth-order valence-corrected chi connectivity index (χ4v) is 5.46. The second-order valence-corrected chi connectivity index (χ2v) is 11.2. The van der Waals surface area contributed by atoms with Crippen molar-refractivity contribution in [3.63, 3.8) is 0 Å². The lowest BCUT2D eigenvalue weighted by Crippen LogP contribution is -2.36. The van der Waals surface area contributed by atoms with Gasteiger partial charge in [-0.05, 0) is 55.1 Å². The van der Waals surface area contributed by atoms with Gasteiger partial charge in [0.15, 0.2) is 0 Å². The molecule has 4 atom stereocenters. The molecule has 0 spiro atoms. The molecule has 3 heteroatoms. The van der Waals surface area contributed by atoms with Crippen LogP contribution >= 0.6 is 0 Å². The second-order valence-electron chi connectivity index (χ2n) is 11.2. The largest absolute Gasteiger partial charge is 0.396 e. The first-order valence-corrected chi connectivity index (χ1v) is 14.0. The lowest BCUT2D eigenvalue weighted by molar-refractivity contribution is -0.119. The number of Topliss-reactive ketones (excluding diaryl/α,β-unsaturated/α-hetero) is 1. The summed E-state index contributed by atoms with van der Waals surface area (Å²) >= 11 is 0. The van der Waals surface area contributed by atoms with E-state index in [1.807, 2.05) is 6.07 Å². The number of hydrogen-bond donors (Lipinski definition) is 1. The number of carbonyl (C=O) groups is 1. The molecule has 0 saturated heterocycles. The Balaban J connectivity index is 1.68. The Labute approximate surface area is 220 Å². The number of aliphatic hydroxyl groups is 1. The number of hydrogen-bond acceptors (Lipinski definition) is 3. The van der Waals surface area contributed by atoms with Gasteiger partial charge in [0.25, 0.3) is 0 Å². The lowest BCUT2D eigenvalue weighted by atomic mass is 9.69. The monoisotopic (exact) mass is 494 g/mol. The molecular weight excluding hydrogens is 444 g/mol. The van der Waals surface area contributed by atoms with Gasteiger partial charge < -0.3 is 9.84 Å².